The van der Waals surface area contributed by atoms with Crippen LogP contribution >= 0.6 is 0 Å². The van der Waals surface area contributed by atoms with E-state index in [0.29, 0.717) is 12.5 Å². The molecule has 0 radical (unpaired) electrons. The number of aromatic amines is 1. The average Bonchev–Trinajstić information content (AvgIpc) is 3.60. The van der Waals surface area contributed by atoms with E-state index in [4.69, 9.17) is 15.5 Å². The van der Waals surface area contributed by atoms with E-state index in [2.05, 4.69) is 40.4 Å². The standard InChI is InChI=1S/C34H31FN4O/c1-2-30-28(19-32(36)40-21-23-9-4-3-5-10-23)29(20-37-30)34-33(25-15-17-26(35)18-16-25)38-22-39(34)31-14-8-12-24-11-6-7-13-27(24)31/h2-7,9-11,13,15-20,22,31,37H,1,8,12,14,21,36H2/b32-19+. The SMILES string of the molecule is C=Cc1[nH]cc(-c2c(-c3ccc(F)cc3)ncn2C2CCCc3ccccc32)c1/C=C(\N)OCc1ccccc1. The Labute approximate surface area is 233 Å². The van der Waals surface area contributed by atoms with E-state index in [1.165, 1.54) is 23.3 Å². The summed E-state index contributed by atoms with van der Waals surface area (Å²) in [5, 5.41) is 0. The maximum atomic E-state index is 13.9. The highest BCUT2D eigenvalue weighted by Crippen LogP contribution is 2.41. The minimum atomic E-state index is -0.284. The summed E-state index contributed by atoms with van der Waals surface area (Å²) in [5.74, 6) is 0.0127. The van der Waals surface area contributed by atoms with Gasteiger partial charge in [-0.2, -0.15) is 0 Å². The van der Waals surface area contributed by atoms with Gasteiger partial charge < -0.3 is 20.0 Å². The zero-order valence-corrected chi connectivity index (χ0v) is 22.2. The molecule has 0 aliphatic heterocycles. The summed E-state index contributed by atoms with van der Waals surface area (Å²) >= 11 is 0. The number of aromatic nitrogens is 3. The summed E-state index contributed by atoms with van der Waals surface area (Å²) in [6.45, 7) is 4.38. The third kappa shape index (κ3) is 4.96. The molecule has 1 unspecified atom stereocenters. The molecule has 0 fully saturated rings. The monoisotopic (exact) mass is 530 g/mol. The van der Waals surface area contributed by atoms with Gasteiger partial charge in [-0.3, -0.25) is 0 Å². The van der Waals surface area contributed by atoms with E-state index in [-0.39, 0.29) is 11.9 Å². The molecule has 0 amide bonds. The van der Waals surface area contributed by atoms with Gasteiger partial charge in [0.2, 0.25) is 0 Å². The molecule has 3 N–H and O–H groups in total. The van der Waals surface area contributed by atoms with Crippen molar-refractivity contribution in [3.05, 3.63) is 138 Å². The van der Waals surface area contributed by atoms with Crippen molar-refractivity contribution in [3.8, 4) is 22.5 Å². The molecule has 0 spiro atoms. The van der Waals surface area contributed by atoms with Crippen LogP contribution < -0.4 is 5.73 Å². The van der Waals surface area contributed by atoms with Crippen LogP contribution in [-0.4, -0.2) is 14.5 Å². The number of imidazole rings is 1. The Morgan fingerprint density at radius 1 is 1.07 bits per heavy atom. The van der Waals surface area contributed by atoms with Crippen LogP contribution in [0.25, 0.3) is 34.7 Å². The molecule has 5 nitrogen and oxygen atoms in total. The van der Waals surface area contributed by atoms with Crippen LogP contribution in [0.3, 0.4) is 0 Å². The number of fused-ring (bicyclic) bond motifs is 1. The molecule has 1 atom stereocenters. The predicted octanol–water partition coefficient (Wildman–Crippen LogP) is 7.73. The van der Waals surface area contributed by atoms with E-state index in [1.807, 2.05) is 48.9 Å². The van der Waals surface area contributed by atoms with Crippen molar-refractivity contribution >= 4 is 12.2 Å². The molecule has 40 heavy (non-hydrogen) atoms. The number of hydrogen-bond donors (Lipinski definition) is 2. The smallest absolute Gasteiger partial charge is 0.185 e. The molecule has 6 heteroatoms. The lowest BCUT2D eigenvalue weighted by molar-refractivity contribution is 0.199. The van der Waals surface area contributed by atoms with Crippen molar-refractivity contribution in [2.45, 2.75) is 31.9 Å². The van der Waals surface area contributed by atoms with Crippen LogP contribution in [0.5, 0.6) is 0 Å². The lowest BCUT2D eigenvalue weighted by Crippen LogP contribution is -2.17. The second-order valence-electron chi connectivity index (χ2n) is 10.0. The zero-order valence-electron chi connectivity index (χ0n) is 22.2. The number of rotatable bonds is 8. The molecule has 5 aromatic rings. The van der Waals surface area contributed by atoms with Crippen LogP contribution in [0.2, 0.25) is 0 Å². The fourth-order valence-electron chi connectivity index (χ4n) is 5.60. The van der Waals surface area contributed by atoms with Crippen LogP contribution in [0, 0.1) is 5.82 Å². The van der Waals surface area contributed by atoms with Gasteiger partial charge in [0.15, 0.2) is 5.88 Å². The maximum Gasteiger partial charge on any atom is 0.185 e. The highest BCUT2D eigenvalue weighted by Gasteiger charge is 2.28. The lowest BCUT2D eigenvalue weighted by atomic mass is 9.87. The highest BCUT2D eigenvalue weighted by atomic mass is 19.1. The Morgan fingerprint density at radius 2 is 1.85 bits per heavy atom. The van der Waals surface area contributed by atoms with Gasteiger partial charge in [-0.1, -0.05) is 61.2 Å². The van der Waals surface area contributed by atoms with Gasteiger partial charge in [0, 0.05) is 34.7 Å². The van der Waals surface area contributed by atoms with E-state index >= 15 is 0 Å². The molecular weight excluding hydrogens is 499 g/mol. The summed E-state index contributed by atoms with van der Waals surface area (Å²) in [6, 6.07) is 25.1. The minimum Gasteiger partial charge on any atom is -0.475 e. The number of ether oxygens (including phenoxy) is 1. The summed E-state index contributed by atoms with van der Waals surface area (Å²) in [5.41, 5.74) is 15.2. The van der Waals surface area contributed by atoms with Crippen molar-refractivity contribution in [2.24, 2.45) is 5.73 Å². The summed E-state index contributed by atoms with van der Waals surface area (Å²) in [7, 11) is 0. The van der Waals surface area contributed by atoms with Gasteiger partial charge in [-0.05, 0) is 66.3 Å². The van der Waals surface area contributed by atoms with Gasteiger partial charge in [0.25, 0.3) is 0 Å². The zero-order chi connectivity index (χ0) is 27.5. The number of halogens is 1. The van der Waals surface area contributed by atoms with Crippen molar-refractivity contribution in [1.29, 1.82) is 0 Å². The molecule has 0 bridgehead atoms. The fraction of sp³-hybridized carbons (Fsp3) is 0.147. The summed E-state index contributed by atoms with van der Waals surface area (Å²) in [6.07, 6.45) is 10.6. The van der Waals surface area contributed by atoms with E-state index in [0.717, 1.165) is 58.6 Å². The van der Waals surface area contributed by atoms with Gasteiger partial charge >= 0.3 is 0 Å². The third-order valence-corrected chi connectivity index (χ3v) is 7.53. The molecule has 2 aromatic heterocycles. The van der Waals surface area contributed by atoms with Gasteiger partial charge in [-0.25, -0.2) is 9.37 Å². The Hall–Kier alpha value is -4.84. The molecule has 0 saturated carbocycles. The first-order valence-electron chi connectivity index (χ1n) is 13.5. The van der Waals surface area contributed by atoms with Crippen molar-refractivity contribution in [2.75, 3.05) is 0 Å². The Balaban J connectivity index is 1.48. The summed E-state index contributed by atoms with van der Waals surface area (Å²) in [4.78, 5) is 8.24. The minimum absolute atomic E-state index is 0.118. The highest BCUT2D eigenvalue weighted by molar-refractivity contribution is 5.86. The topological polar surface area (TPSA) is 68.9 Å². The molecule has 0 saturated heterocycles. The second kappa shape index (κ2) is 11.1. The molecule has 3 aromatic carbocycles. The number of hydrogen-bond acceptors (Lipinski definition) is 3. The molecule has 2 heterocycles. The maximum absolute atomic E-state index is 13.9. The third-order valence-electron chi connectivity index (χ3n) is 7.53. The number of nitrogens with zero attached hydrogens (tertiary/aromatic N) is 2. The number of H-pyrrole nitrogens is 1. The first kappa shape index (κ1) is 25.4. The first-order valence-corrected chi connectivity index (χ1v) is 13.5. The normalized spacial score (nSPS) is 15.0. The lowest BCUT2D eigenvalue weighted by Gasteiger charge is -2.28. The second-order valence-corrected chi connectivity index (χ2v) is 10.0. The van der Waals surface area contributed by atoms with Crippen LogP contribution in [0.15, 0.2) is 104 Å². The van der Waals surface area contributed by atoms with E-state index < -0.39 is 0 Å². The van der Waals surface area contributed by atoms with Gasteiger partial charge in [-0.15, -0.1) is 0 Å². The fourth-order valence-corrected chi connectivity index (χ4v) is 5.60. The van der Waals surface area contributed by atoms with Crippen LogP contribution in [0.4, 0.5) is 4.39 Å². The van der Waals surface area contributed by atoms with Crippen molar-refractivity contribution < 1.29 is 9.13 Å². The molecule has 1 aliphatic carbocycles. The Bertz CT molecular complexity index is 1660. The molecule has 6 rings (SSSR count). The molecule has 200 valence electrons. The summed E-state index contributed by atoms with van der Waals surface area (Å²) < 4.78 is 22.0. The van der Waals surface area contributed by atoms with Crippen LogP contribution in [-0.2, 0) is 17.8 Å². The number of aryl methyl sites for hydroxylation is 1. The number of nitrogens with one attached hydrogen (secondary N) is 1. The Morgan fingerprint density at radius 3 is 2.65 bits per heavy atom. The molecule has 1 aliphatic rings. The van der Waals surface area contributed by atoms with Gasteiger partial charge in [0.1, 0.15) is 12.4 Å². The van der Waals surface area contributed by atoms with Crippen molar-refractivity contribution in [1.82, 2.24) is 14.5 Å². The number of benzene rings is 3. The average molecular weight is 531 g/mol. The first-order chi connectivity index (χ1) is 19.6. The Kier molecular flexibility index (Phi) is 7.06. The largest absolute Gasteiger partial charge is 0.475 e. The van der Waals surface area contributed by atoms with Crippen LogP contribution in [0.1, 0.15) is 46.8 Å². The quantitative estimate of drug-likeness (QED) is 0.202. The van der Waals surface area contributed by atoms with Crippen molar-refractivity contribution in [3.63, 3.8) is 0 Å². The number of nitrogens with two attached hydrogens (primary N) is 1. The van der Waals surface area contributed by atoms with E-state index in [1.54, 1.807) is 18.2 Å². The van der Waals surface area contributed by atoms with E-state index in [9.17, 15) is 4.39 Å². The van der Waals surface area contributed by atoms with Gasteiger partial charge in [0.05, 0.1) is 23.8 Å². The molecular formula is C34H31FN4O. The predicted molar refractivity (Wildman–Crippen MR) is 158 cm³/mol.